The molecule has 1 aliphatic heterocycles. The molecule has 6 nitrogen and oxygen atoms in total. The minimum atomic E-state index is -2.65. The van der Waals surface area contributed by atoms with Gasteiger partial charge in [-0.15, -0.1) is 11.3 Å². The molecular weight excluding hydrogens is 428 g/mol. The lowest BCUT2D eigenvalue weighted by Gasteiger charge is -2.11. The van der Waals surface area contributed by atoms with Gasteiger partial charge in [0.05, 0.1) is 4.88 Å². The maximum absolute atomic E-state index is 12.7. The van der Waals surface area contributed by atoms with Crippen molar-refractivity contribution in [3.63, 3.8) is 0 Å². The SMILES string of the molecule is Cc1cc(C(=O)COC(=O)c2ccc(C(F)F)s2)c(C)n1Cc1ccc2c(c1)OCO2. The molecule has 0 N–H and O–H groups in total. The number of halogens is 2. The highest BCUT2D eigenvalue weighted by atomic mass is 32.1. The van der Waals surface area contributed by atoms with Gasteiger partial charge in [0.25, 0.3) is 6.43 Å². The number of thiophene rings is 1. The van der Waals surface area contributed by atoms with Crippen LogP contribution in [0.3, 0.4) is 0 Å². The van der Waals surface area contributed by atoms with Gasteiger partial charge >= 0.3 is 5.97 Å². The Bertz CT molecular complexity index is 1150. The van der Waals surface area contributed by atoms with Crippen molar-refractivity contribution >= 4 is 23.1 Å². The molecule has 3 aromatic rings. The third-order valence-corrected chi connectivity index (χ3v) is 6.10. The van der Waals surface area contributed by atoms with E-state index in [1.54, 1.807) is 6.07 Å². The van der Waals surface area contributed by atoms with E-state index in [4.69, 9.17) is 14.2 Å². The Balaban J connectivity index is 1.43. The topological polar surface area (TPSA) is 66.8 Å². The van der Waals surface area contributed by atoms with Crippen LogP contribution in [0.2, 0.25) is 0 Å². The van der Waals surface area contributed by atoms with E-state index in [0.29, 0.717) is 34.9 Å². The van der Waals surface area contributed by atoms with Gasteiger partial charge in [0.1, 0.15) is 4.88 Å². The van der Waals surface area contributed by atoms with Crippen LogP contribution in [0.4, 0.5) is 8.78 Å². The first-order valence-corrected chi connectivity index (χ1v) is 10.3. The van der Waals surface area contributed by atoms with E-state index < -0.39 is 19.0 Å². The number of aryl methyl sites for hydroxylation is 1. The summed E-state index contributed by atoms with van der Waals surface area (Å²) < 4.78 is 43.1. The van der Waals surface area contributed by atoms with Crippen molar-refractivity contribution in [1.82, 2.24) is 4.57 Å². The molecule has 0 bridgehead atoms. The normalized spacial score (nSPS) is 12.4. The lowest BCUT2D eigenvalue weighted by Crippen LogP contribution is -2.14. The highest BCUT2D eigenvalue weighted by molar-refractivity contribution is 7.14. The Kier molecular flexibility index (Phi) is 5.77. The zero-order chi connectivity index (χ0) is 22.1. The zero-order valence-electron chi connectivity index (χ0n) is 16.8. The maximum atomic E-state index is 12.7. The van der Waals surface area contributed by atoms with Crippen molar-refractivity contribution in [2.45, 2.75) is 26.8 Å². The minimum Gasteiger partial charge on any atom is -0.454 e. The van der Waals surface area contributed by atoms with Gasteiger partial charge in [-0.3, -0.25) is 4.79 Å². The van der Waals surface area contributed by atoms with E-state index in [2.05, 4.69) is 0 Å². The predicted molar refractivity (Wildman–Crippen MR) is 109 cm³/mol. The average molecular weight is 447 g/mol. The molecular formula is C22H19F2NO5S. The van der Waals surface area contributed by atoms with Crippen molar-refractivity contribution in [3.8, 4) is 11.5 Å². The zero-order valence-corrected chi connectivity index (χ0v) is 17.6. The standard InChI is InChI=1S/C22H19F2NO5S/c1-12-7-15(16(26)10-28-22(27)20-6-5-19(31-20)21(23)24)13(2)25(12)9-14-3-4-17-18(8-14)30-11-29-17/h3-8,21H,9-11H2,1-2H3. The number of fused-ring (bicyclic) bond motifs is 1. The average Bonchev–Trinajstić information content (AvgIpc) is 3.47. The number of alkyl halides is 2. The summed E-state index contributed by atoms with van der Waals surface area (Å²) in [6, 6.07) is 9.89. The molecule has 0 radical (unpaired) electrons. The van der Waals surface area contributed by atoms with Gasteiger partial charge in [0.15, 0.2) is 18.1 Å². The lowest BCUT2D eigenvalue weighted by molar-refractivity contribution is 0.0479. The number of esters is 1. The Morgan fingerprint density at radius 1 is 1.13 bits per heavy atom. The number of carbonyl (C=O) groups is 2. The van der Waals surface area contributed by atoms with Gasteiger partial charge in [-0.05, 0) is 49.7 Å². The highest BCUT2D eigenvalue weighted by Crippen LogP contribution is 2.33. The van der Waals surface area contributed by atoms with Crippen LogP contribution < -0.4 is 9.47 Å². The molecule has 4 rings (SSSR count). The number of Topliss-reactive ketones (excluding diaryl/α,β-unsaturated/α-hetero) is 1. The van der Waals surface area contributed by atoms with Crippen molar-refractivity contribution in [3.05, 3.63) is 68.7 Å². The second kappa shape index (κ2) is 8.50. The molecule has 3 heterocycles. The lowest BCUT2D eigenvalue weighted by atomic mass is 10.1. The van der Waals surface area contributed by atoms with Crippen LogP contribution in [0, 0.1) is 13.8 Å². The fraction of sp³-hybridized carbons (Fsp3) is 0.273. The predicted octanol–water partition coefficient (Wildman–Crippen LogP) is 4.92. The summed E-state index contributed by atoms with van der Waals surface area (Å²) in [5.41, 5.74) is 3.06. The molecule has 9 heteroatoms. The fourth-order valence-corrected chi connectivity index (χ4v) is 4.17. The van der Waals surface area contributed by atoms with E-state index in [0.717, 1.165) is 17.0 Å². The van der Waals surface area contributed by atoms with E-state index in [9.17, 15) is 18.4 Å². The number of hydrogen-bond donors (Lipinski definition) is 0. The largest absolute Gasteiger partial charge is 0.454 e. The Hall–Kier alpha value is -3.20. The van der Waals surface area contributed by atoms with Gasteiger partial charge in [0, 0.05) is 23.5 Å². The molecule has 0 unspecified atom stereocenters. The molecule has 2 aromatic heterocycles. The molecule has 0 atom stereocenters. The maximum Gasteiger partial charge on any atom is 0.348 e. The number of rotatable bonds is 7. The van der Waals surface area contributed by atoms with Crippen LogP contribution in [0.25, 0.3) is 0 Å². The molecule has 0 aliphatic carbocycles. The highest BCUT2D eigenvalue weighted by Gasteiger charge is 2.21. The monoisotopic (exact) mass is 447 g/mol. The van der Waals surface area contributed by atoms with E-state index in [1.165, 1.54) is 12.1 Å². The molecule has 0 spiro atoms. The van der Waals surface area contributed by atoms with E-state index >= 15 is 0 Å². The van der Waals surface area contributed by atoms with E-state index in [-0.39, 0.29) is 22.3 Å². The number of aromatic nitrogens is 1. The summed E-state index contributed by atoms with van der Waals surface area (Å²) in [6.45, 7) is 3.98. The molecule has 162 valence electrons. The Morgan fingerprint density at radius 3 is 2.65 bits per heavy atom. The summed E-state index contributed by atoms with van der Waals surface area (Å²) >= 11 is 0.657. The van der Waals surface area contributed by atoms with Gasteiger partial charge in [-0.1, -0.05) is 6.07 Å². The molecule has 31 heavy (non-hydrogen) atoms. The molecule has 0 fully saturated rings. The minimum absolute atomic E-state index is 0.0383. The summed E-state index contributed by atoms with van der Waals surface area (Å²) in [5, 5.41) is 0. The van der Waals surface area contributed by atoms with Crippen LogP contribution in [-0.2, 0) is 11.3 Å². The van der Waals surface area contributed by atoms with Crippen LogP contribution in [0.15, 0.2) is 36.4 Å². The van der Waals surface area contributed by atoms with Crippen LogP contribution in [-0.4, -0.2) is 29.7 Å². The van der Waals surface area contributed by atoms with Crippen LogP contribution in [0.5, 0.6) is 11.5 Å². The number of hydrogen-bond acceptors (Lipinski definition) is 6. The Labute approximate surface area is 181 Å². The second-order valence-corrected chi connectivity index (χ2v) is 8.18. The van der Waals surface area contributed by atoms with Gasteiger partial charge < -0.3 is 18.8 Å². The van der Waals surface area contributed by atoms with Crippen molar-refractivity contribution in [2.75, 3.05) is 13.4 Å². The van der Waals surface area contributed by atoms with Crippen LogP contribution >= 0.6 is 11.3 Å². The van der Waals surface area contributed by atoms with Crippen molar-refractivity contribution in [1.29, 1.82) is 0 Å². The molecule has 0 amide bonds. The quantitative estimate of drug-likeness (QED) is 0.380. The number of ketones is 1. The first-order valence-electron chi connectivity index (χ1n) is 9.47. The Morgan fingerprint density at radius 2 is 1.90 bits per heavy atom. The third-order valence-electron chi connectivity index (χ3n) is 5.03. The molecule has 0 saturated heterocycles. The number of ether oxygens (including phenoxy) is 3. The van der Waals surface area contributed by atoms with Gasteiger partial charge in [0.2, 0.25) is 12.6 Å². The first-order chi connectivity index (χ1) is 14.8. The summed E-state index contributed by atoms with van der Waals surface area (Å²) in [4.78, 5) is 24.5. The molecule has 1 aliphatic rings. The fourth-order valence-electron chi connectivity index (χ4n) is 3.41. The molecule has 1 aromatic carbocycles. The second-order valence-electron chi connectivity index (χ2n) is 7.06. The summed E-state index contributed by atoms with van der Waals surface area (Å²) in [6.07, 6.45) is -2.65. The smallest absolute Gasteiger partial charge is 0.348 e. The summed E-state index contributed by atoms with van der Waals surface area (Å²) in [7, 11) is 0. The van der Waals surface area contributed by atoms with E-state index in [1.807, 2.05) is 36.6 Å². The molecule has 0 saturated carbocycles. The van der Waals surface area contributed by atoms with Crippen LogP contribution in [0.1, 0.15) is 48.3 Å². The first kappa shape index (κ1) is 21.0. The van der Waals surface area contributed by atoms with Gasteiger partial charge in [-0.25, -0.2) is 13.6 Å². The number of carbonyl (C=O) groups excluding carboxylic acids is 2. The summed E-state index contributed by atoms with van der Waals surface area (Å²) in [5.74, 6) is 0.240. The third kappa shape index (κ3) is 4.32. The number of nitrogens with zero attached hydrogens (tertiary/aromatic N) is 1. The van der Waals surface area contributed by atoms with Crippen molar-refractivity contribution < 1.29 is 32.6 Å². The van der Waals surface area contributed by atoms with Crippen molar-refractivity contribution in [2.24, 2.45) is 0 Å². The number of benzene rings is 1. The van der Waals surface area contributed by atoms with Gasteiger partial charge in [-0.2, -0.15) is 0 Å².